The Hall–Kier alpha value is -3.88. The third kappa shape index (κ3) is 4.64. The normalized spacial score (nSPS) is 10.2. The summed E-state index contributed by atoms with van der Waals surface area (Å²) in [7, 11) is 1.73. The number of pyridine rings is 1. The predicted octanol–water partition coefficient (Wildman–Crippen LogP) is 2.95. The molecule has 4 N–H and O–H groups in total. The summed E-state index contributed by atoms with van der Waals surface area (Å²) in [5, 5.41) is 15.3. The van der Waals surface area contributed by atoms with E-state index < -0.39 is 0 Å². The molecule has 0 aliphatic rings. The number of carbonyl (C=O) groups is 2. The molecule has 2 heterocycles. The molecule has 28 heavy (non-hydrogen) atoms. The lowest BCUT2D eigenvalue weighted by atomic mass is 10.2. The number of aryl methyl sites for hydroxylation is 1. The molecule has 3 amide bonds. The van der Waals surface area contributed by atoms with Crippen molar-refractivity contribution in [1.29, 1.82) is 0 Å². The molecule has 9 heteroatoms. The molecule has 0 fully saturated rings. The first-order valence-corrected chi connectivity index (χ1v) is 8.73. The van der Waals surface area contributed by atoms with Crippen molar-refractivity contribution in [1.82, 2.24) is 20.1 Å². The lowest BCUT2D eigenvalue weighted by Gasteiger charge is -2.14. The Morgan fingerprint density at radius 3 is 2.57 bits per heavy atom. The molecule has 0 saturated carbocycles. The fourth-order valence-electron chi connectivity index (χ4n) is 2.49. The first-order chi connectivity index (χ1) is 13.6. The number of benzene rings is 1. The minimum atomic E-state index is -0.368. The summed E-state index contributed by atoms with van der Waals surface area (Å²) in [6.45, 7) is 2.31. The third-order valence-corrected chi connectivity index (χ3v) is 3.84. The highest BCUT2D eigenvalue weighted by atomic mass is 16.2. The van der Waals surface area contributed by atoms with Gasteiger partial charge in [0.05, 0.1) is 17.4 Å². The van der Waals surface area contributed by atoms with E-state index in [0.29, 0.717) is 29.4 Å². The van der Waals surface area contributed by atoms with Crippen LogP contribution in [0.1, 0.15) is 17.3 Å². The van der Waals surface area contributed by atoms with Gasteiger partial charge in [0.2, 0.25) is 0 Å². The summed E-state index contributed by atoms with van der Waals surface area (Å²) < 4.78 is 1.56. The van der Waals surface area contributed by atoms with Gasteiger partial charge in [-0.25, -0.2) is 9.78 Å². The molecule has 3 aromatic rings. The number of nitrogens with zero attached hydrogens (tertiary/aromatic N) is 3. The lowest BCUT2D eigenvalue weighted by Crippen LogP contribution is -2.28. The number of nitrogens with one attached hydrogen (secondary N) is 4. The molecule has 2 aromatic heterocycles. The van der Waals surface area contributed by atoms with Crippen LogP contribution in [0.2, 0.25) is 0 Å². The topological polar surface area (TPSA) is 113 Å². The summed E-state index contributed by atoms with van der Waals surface area (Å²) in [6.07, 6.45) is 3.01. The lowest BCUT2D eigenvalue weighted by molar-refractivity contribution is 0.102. The van der Waals surface area contributed by atoms with Gasteiger partial charge in [0.1, 0.15) is 11.6 Å². The molecule has 144 valence electrons. The Balaban J connectivity index is 1.89. The molecule has 1 aromatic carbocycles. The molecule has 3 rings (SSSR count). The van der Waals surface area contributed by atoms with Crippen molar-refractivity contribution in [2.45, 2.75) is 6.92 Å². The van der Waals surface area contributed by atoms with Crippen LogP contribution < -0.4 is 21.3 Å². The molecular formula is C19H21N7O2. The molecule has 0 radical (unpaired) electrons. The zero-order chi connectivity index (χ0) is 19.9. The Morgan fingerprint density at radius 1 is 1.11 bits per heavy atom. The van der Waals surface area contributed by atoms with Crippen LogP contribution in [-0.4, -0.2) is 33.2 Å². The zero-order valence-corrected chi connectivity index (χ0v) is 15.6. The van der Waals surface area contributed by atoms with Crippen molar-refractivity contribution in [3.8, 4) is 0 Å². The maximum Gasteiger partial charge on any atom is 0.320 e. The Kier molecular flexibility index (Phi) is 5.85. The van der Waals surface area contributed by atoms with Gasteiger partial charge in [-0.3, -0.25) is 14.8 Å². The molecule has 0 bridgehead atoms. The maximum absolute atomic E-state index is 12.8. The first kappa shape index (κ1) is 18.9. The highest BCUT2D eigenvalue weighted by Gasteiger charge is 2.16. The second-order valence-electron chi connectivity index (χ2n) is 5.88. The minimum Gasteiger partial charge on any atom is -0.355 e. The van der Waals surface area contributed by atoms with Crippen LogP contribution in [0, 0.1) is 0 Å². The number of hydrogen-bond acceptors (Lipinski definition) is 5. The zero-order valence-electron chi connectivity index (χ0n) is 15.6. The van der Waals surface area contributed by atoms with Crippen molar-refractivity contribution in [3.63, 3.8) is 0 Å². The van der Waals surface area contributed by atoms with Gasteiger partial charge in [0, 0.05) is 37.6 Å². The number of aromatic nitrogens is 3. The second-order valence-corrected chi connectivity index (χ2v) is 5.88. The average molecular weight is 379 g/mol. The monoisotopic (exact) mass is 379 g/mol. The number of carbonyl (C=O) groups excluding carboxylic acids is 2. The predicted molar refractivity (Wildman–Crippen MR) is 108 cm³/mol. The van der Waals surface area contributed by atoms with E-state index in [0.717, 1.165) is 5.69 Å². The first-order valence-electron chi connectivity index (χ1n) is 8.73. The van der Waals surface area contributed by atoms with Gasteiger partial charge in [-0.2, -0.15) is 5.10 Å². The second kappa shape index (κ2) is 8.67. The Morgan fingerprint density at radius 2 is 1.89 bits per heavy atom. The summed E-state index contributed by atoms with van der Waals surface area (Å²) in [6, 6.07) is 12.4. The van der Waals surface area contributed by atoms with Gasteiger partial charge in [0.25, 0.3) is 5.91 Å². The molecule has 0 spiro atoms. The van der Waals surface area contributed by atoms with Gasteiger partial charge in [-0.05, 0) is 19.1 Å². The maximum atomic E-state index is 12.8. The molecule has 0 aliphatic heterocycles. The summed E-state index contributed by atoms with van der Waals surface area (Å²) in [5.41, 5.74) is 1.63. The van der Waals surface area contributed by atoms with Crippen LogP contribution in [0.25, 0.3) is 0 Å². The summed E-state index contributed by atoms with van der Waals surface area (Å²) in [5.74, 6) is 0.528. The van der Waals surface area contributed by atoms with E-state index in [1.807, 2.05) is 37.3 Å². The standard InChI is InChI=1S/C19H21N7O2/c1-3-20-19(28)24-16-11-15(23-13-7-5-4-6-8-13)14(12-21-16)18(27)25-17-9-10-22-26(17)2/h4-12H,3H2,1-2H3,(H,25,27)(H3,20,21,23,24,28). The quantitative estimate of drug-likeness (QED) is 0.526. The van der Waals surface area contributed by atoms with E-state index in [2.05, 4.69) is 31.3 Å². The Bertz CT molecular complexity index is 969. The van der Waals surface area contributed by atoms with Crippen LogP contribution >= 0.6 is 0 Å². The van der Waals surface area contributed by atoms with E-state index >= 15 is 0 Å². The minimum absolute atomic E-state index is 0.321. The van der Waals surface area contributed by atoms with Crippen molar-refractivity contribution in [2.75, 3.05) is 22.5 Å². The number of rotatable bonds is 6. The fraction of sp³-hybridized carbons (Fsp3) is 0.158. The molecule has 0 atom stereocenters. The van der Waals surface area contributed by atoms with E-state index in [9.17, 15) is 9.59 Å². The van der Waals surface area contributed by atoms with Crippen LogP contribution in [0.5, 0.6) is 0 Å². The highest BCUT2D eigenvalue weighted by Crippen LogP contribution is 2.24. The molecule has 0 aliphatic carbocycles. The van der Waals surface area contributed by atoms with Gasteiger partial charge in [0.15, 0.2) is 0 Å². The van der Waals surface area contributed by atoms with Crippen LogP contribution in [0.4, 0.5) is 27.8 Å². The van der Waals surface area contributed by atoms with Gasteiger partial charge < -0.3 is 16.0 Å². The fourth-order valence-corrected chi connectivity index (χ4v) is 2.49. The van der Waals surface area contributed by atoms with Crippen molar-refractivity contribution in [3.05, 3.63) is 60.4 Å². The van der Waals surface area contributed by atoms with E-state index in [1.54, 1.807) is 30.1 Å². The van der Waals surface area contributed by atoms with Crippen LogP contribution in [0.15, 0.2) is 54.9 Å². The molecule has 0 saturated heterocycles. The average Bonchev–Trinajstić information content (AvgIpc) is 3.07. The largest absolute Gasteiger partial charge is 0.355 e. The molecular weight excluding hydrogens is 358 g/mol. The van der Waals surface area contributed by atoms with E-state index in [-0.39, 0.29) is 11.9 Å². The summed E-state index contributed by atoms with van der Waals surface area (Å²) >= 11 is 0. The SMILES string of the molecule is CCNC(=O)Nc1cc(Nc2ccccc2)c(C(=O)Nc2ccnn2C)cn1. The number of para-hydroxylation sites is 1. The van der Waals surface area contributed by atoms with Crippen molar-refractivity contribution in [2.24, 2.45) is 7.05 Å². The van der Waals surface area contributed by atoms with Crippen LogP contribution in [-0.2, 0) is 7.05 Å². The van der Waals surface area contributed by atoms with Crippen molar-refractivity contribution >= 4 is 34.9 Å². The number of urea groups is 1. The Labute approximate surface area is 162 Å². The van der Waals surface area contributed by atoms with Crippen LogP contribution in [0.3, 0.4) is 0 Å². The van der Waals surface area contributed by atoms with E-state index in [4.69, 9.17) is 0 Å². The molecule has 9 nitrogen and oxygen atoms in total. The smallest absolute Gasteiger partial charge is 0.320 e. The number of hydrogen-bond donors (Lipinski definition) is 4. The van der Waals surface area contributed by atoms with Gasteiger partial charge in [-0.1, -0.05) is 18.2 Å². The van der Waals surface area contributed by atoms with Crippen molar-refractivity contribution < 1.29 is 9.59 Å². The van der Waals surface area contributed by atoms with Gasteiger partial charge >= 0.3 is 6.03 Å². The summed E-state index contributed by atoms with van der Waals surface area (Å²) in [4.78, 5) is 28.7. The number of amides is 3. The highest BCUT2D eigenvalue weighted by molar-refractivity contribution is 6.08. The third-order valence-electron chi connectivity index (χ3n) is 3.84. The number of anilines is 4. The van der Waals surface area contributed by atoms with Gasteiger partial charge in [-0.15, -0.1) is 0 Å². The van der Waals surface area contributed by atoms with E-state index in [1.165, 1.54) is 6.20 Å². The molecule has 0 unspecified atom stereocenters.